The van der Waals surface area contributed by atoms with Crippen molar-refractivity contribution in [3.63, 3.8) is 0 Å². The molecule has 0 aromatic heterocycles. The molecule has 1 amide bonds. The summed E-state index contributed by atoms with van der Waals surface area (Å²) in [6.45, 7) is 4.30. The van der Waals surface area contributed by atoms with Gasteiger partial charge in [-0.15, -0.1) is 0 Å². The van der Waals surface area contributed by atoms with Crippen LogP contribution in [-0.4, -0.2) is 17.4 Å². The number of rotatable bonds is 4. The maximum atomic E-state index is 12.6. The van der Waals surface area contributed by atoms with Crippen molar-refractivity contribution >= 4 is 17.3 Å². The van der Waals surface area contributed by atoms with Crippen LogP contribution in [0.1, 0.15) is 22.8 Å². The highest BCUT2D eigenvalue weighted by Gasteiger charge is 2.19. The van der Waals surface area contributed by atoms with Crippen LogP contribution in [0.3, 0.4) is 0 Å². The third-order valence-corrected chi connectivity index (χ3v) is 3.27. The summed E-state index contributed by atoms with van der Waals surface area (Å²) in [4.78, 5) is 24.5. The summed E-state index contributed by atoms with van der Waals surface area (Å²) in [5.41, 5.74) is 2.03. The molecule has 0 atom stereocenters. The topological polar surface area (TPSA) is 63.5 Å². The Morgan fingerprint density at radius 2 is 1.90 bits per heavy atom. The minimum Gasteiger partial charge on any atom is -0.308 e. The number of hydrogen-bond acceptors (Lipinski definition) is 3. The molecule has 0 bridgehead atoms. The molecule has 0 saturated heterocycles. The summed E-state index contributed by atoms with van der Waals surface area (Å²) in [5.74, 6) is -0.240. The van der Waals surface area contributed by atoms with Crippen molar-refractivity contribution in [3.05, 3.63) is 69.8 Å². The van der Waals surface area contributed by atoms with Crippen LogP contribution in [-0.2, 0) is 0 Å². The van der Waals surface area contributed by atoms with Crippen LogP contribution in [0.25, 0.3) is 0 Å². The fourth-order valence-electron chi connectivity index (χ4n) is 2.20. The lowest BCUT2D eigenvalue weighted by molar-refractivity contribution is -0.384. The van der Waals surface area contributed by atoms with Crippen LogP contribution in [0.15, 0.2) is 48.5 Å². The van der Waals surface area contributed by atoms with Gasteiger partial charge >= 0.3 is 0 Å². The highest BCUT2D eigenvalue weighted by Crippen LogP contribution is 2.22. The van der Waals surface area contributed by atoms with Gasteiger partial charge in [0.15, 0.2) is 0 Å². The van der Waals surface area contributed by atoms with Gasteiger partial charge in [0.1, 0.15) is 0 Å². The Balaban J connectivity index is 2.39. The second-order valence-corrected chi connectivity index (χ2v) is 4.64. The van der Waals surface area contributed by atoms with Gasteiger partial charge in [-0.3, -0.25) is 14.9 Å². The largest absolute Gasteiger partial charge is 0.308 e. The van der Waals surface area contributed by atoms with Crippen molar-refractivity contribution in [1.29, 1.82) is 0 Å². The van der Waals surface area contributed by atoms with Crippen LogP contribution < -0.4 is 4.90 Å². The highest BCUT2D eigenvalue weighted by atomic mass is 16.6. The summed E-state index contributed by atoms with van der Waals surface area (Å²) >= 11 is 0. The van der Waals surface area contributed by atoms with Crippen LogP contribution in [0.4, 0.5) is 11.4 Å². The lowest BCUT2D eigenvalue weighted by Crippen LogP contribution is -2.31. The Bertz CT molecular complexity index is 683. The lowest BCUT2D eigenvalue weighted by atomic mass is 10.1. The predicted octanol–water partition coefficient (Wildman–Crippen LogP) is 3.57. The standard InChI is InChI=1S/C16H16N2O3/c1-3-17(15-10-5-4-7-12(15)2)16(19)13-8-6-9-14(11-13)18(20)21/h4-11H,3H2,1-2H3. The molecule has 2 aromatic carbocycles. The van der Waals surface area contributed by atoms with Gasteiger partial charge in [0.05, 0.1) is 4.92 Å². The van der Waals surface area contributed by atoms with Gasteiger partial charge in [0.25, 0.3) is 11.6 Å². The number of nitro groups is 1. The van der Waals surface area contributed by atoms with Crippen molar-refractivity contribution in [2.75, 3.05) is 11.4 Å². The fraction of sp³-hybridized carbons (Fsp3) is 0.188. The number of non-ortho nitro benzene ring substituents is 1. The molecule has 0 aliphatic rings. The second-order valence-electron chi connectivity index (χ2n) is 4.64. The smallest absolute Gasteiger partial charge is 0.270 e. The highest BCUT2D eigenvalue weighted by molar-refractivity contribution is 6.06. The van der Waals surface area contributed by atoms with Gasteiger partial charge in [0, 0.05) is 29.9 Å². The van der Waals surface area contributed by atoms with Crippen LogP contribution in [0, 0.1) is 17.0 Å². The predicted molar refractivity (Wildman–Crippen MR) is 81.6 cm³/mol. The fourth-order valence-corrected chi connectivity index (χ4v) is 2.20. The first-order valence-electron chi connectivity index (χ1n) is 6.66. The first-order chi connectivity index (χ1) is 10.0. The number of hydrogen-bond donors (Lipinski definition) is 0. The molecule has 0 aliphatic carbocycles. The minimum atomic E-state index is -0.499. The summed E-state index contributed by atoms with van der Waals surface area (Å²) in [5, 5.41) is 10.8. The molecule has 0 heterocycles. The summed E-state index contributed by atoms with van der Waals surface area (Å²) in [6.07, 6.45) is 0. The number of para-hydroxylation sites is 1. The Hall–Kier alpha value is -2.69. The molecule has 5 heteroatoms. The third-order valence-electron chi connectivity index (χ3n) is 3.27. The van der Waals surface area contributed by atoms with Crippen molar-refractivity contribution in [3.8, 4) is 0 Å². The van der Waals surface area contributed by atoms with Crippen molar-refractivity contribution in [1.82, 2.24) is 0 Å². The number of benzene rings is 2. The zero-order valence-electron chi connectivity index (χ0n) is 11.9. The Morgan fingerprint density at radius 3 is 2.52 bits per heavy atom. The van der Waals surface area contributed by atoms with E-state index in [0.717, 1.165) is 11.3 Å². The number of nitrogens with zero attached hydrogens (tertiary/aromatic N) is 2. The van der Waals surface area contributed by atoms with Crippen molar-refractivity contribution in [2.24, 2.45) is 0 Å². The van der Waals surface area contributed by atoms with Crippen molar-refractivity contribution in [2.45, 2.75) is 13.8 Å². The van der Waals surface area contributed by atoms with E-state index in [1.165, 1.54) is 18.2 Å². The van der Waals surface area contributed by atoms with E-state index in [0.29, 0.717) is 12.1 Å². The lowest BCUT2D eigenvalue weighted by Gasteiger charge is -2.23. The molecule has 0 aliphatic heterocycles. The van der Waals surface area contributed by atoms with Gasteiger partial charge in [-0.05, 0) is 31.5 Å². The molecule has 0 radical (unpaired) electrons. The molecule has 0 spiro atoms. The van der Waals surface area contributed by atoms with E-state index < -0.39 is 4.92 Å². The Labute approximate surface area is 123 Å². The number of amides is 1. The molecule has 2 aromatic rings. The summed E-state index contributed by atoms with van der Waals surface area (Å²) in [7, 11) is 0. The normalized spacial score (nSPS) is 10.2. The van der Waals surface area contributed by atoms with Crippen LogP contribution in [0.5, 0.6) is 0 Å². The van der Waals surface area contributed by atoms with Gasteiger partial charge in [-0.1, -0.05) is 24.3 Å². The summed E-state index contributed by atoms with van der Waals surface area (Å²) in [6, 6.07) is 13.4. The molecule has 0 fully saturated rings. The second kappa shape index (κ2) is 6.17. The molecule has 21 heavy (non-hydrogen) atoms. The van der Waals surface area contributed by atoms with Gasteiger partial charge < -0.3 is 4.90 Å². The zero-order chi connectivity index (χ0) is 15.4. The number of nitro benzene ring substituents is 1. The maximum Gasteiger partial charge on any atom is 0.270 e. The van der Waals surface area contributed by atoms with E-state index in [1.54, 1.807) is 11.0 Å². The van der Waals surface area contributed by atoms with E-state index in [2.05, 4.69) is 0 Å². The maximum absolute atomic E-state index is 12.6. The molecular formula is C16H16N2O3. The van der Waals surface area contributed by atoms with Crippen LogP contribution in [0.2, 0.25) is 0 Å². The van der Waals surface area contributed by atoms with Crippen molar-refractivity contribution < 1.29 is 9.72 Å². The zero-order valence-corrected chi connectivity index (χ0v) is 11.9. The SMILES string of the molecule is CCN(C(=O)c1cccc([N+](=O)[O-])c1)c1ccccc1C. The molecular weight excluding hydrogens is 268 g/mol. The van der Waals surface area contributed by atoms with E-state index in [9.17, 15) is 14.9 Å². The average Bonchev–Trinajstić information content (AvgIpc) is 2.50. The van der Waals surface area contributed by atoms with E-state index in [4.69, 9.17) is 0 Å². The average molecular weight is 284 g/mol. The first kappa shape index (κ1) is 14.7. The molecule has 0 unspecified atom stereocenters. The number of carbonyl (C=O) groups excluding carboxylic acids is 1. The molecule has 108 valence electrons. The van der Waals surface area contributed by atoms with Crippen LogP contribution >= 0.6 is 0 Å². The molecule has 0 N–H and O–H groups in total. The van der Waals surface area contributed by atoms with Gasteiger partial charge in [-0.2, -0.15) is 0 Å². The number of aryl methyl sites for hydroxylation is 1. The molecule has 5 nitrogen and oxygen atoms in total. The Morgan fingerprint density at radius 1 is 1.19 bits per heavy atom. The summed E-state index contributed by atoms with van der Waals surface area (Å²) < 4.78 is 0. The van der Waals surface area contributed by atoms with E-state index in [-0.39, 0.29) is 11.6 Å². The molecule has 2 rings (SSSR count). The van der Waals surface area contributed by atoms with Gasteiger partial charge in [-0.25, -0.2) is 0 Å². The molecule has 0 saturated carbocycles. The van der Waals surface area contributed by atoms with E-state index >= 15 is 0 Å². The monoisotopic (exact) mass is 284 g/mol. The number of anilines is 1. The number of carbonyl (C=O) groups is 1. The van der Waals surface area contributed by atoms with E-state index in [1.807, 2.05) is 38.1 Å². The quantitative estimate of drug-likeness (QED) is 0.637. The Kier molecular flexibility index (Phi) is 4.33. The minimum absolute atomic E-state index is 0.0818. The third kappa shape index (κ3) is 3.08. The first-order valence-corrected chi connectivity index (χ1v) is 6.66. The van der Waals surface area contributed by atoms with Gasteiger partial charge in [0.2, 0.25) is 0 Å².